The van der Waals surface area contributed by atoms with E-state index in [-0.39, 0.29) is 64.3 Å². The van der Waals surface area contributed by atoms with Crippen molar-refractivity contribution in [2.45, 2.75) is 174 Å². The molecule has 484 valence electrons. The number of aromatic amines is 3. The Morgan fingerprint density at radius 1 is 0.544 bits per heavy atom. The molecule has 0 saturated carbocycles. The average molecular weight is 1290 g/mol. The number of carbonyl (C=O) groups excluding carboxylic acids is 3. The van der Waals surface area contributed by atoms with Crippen LogP contribution in [0.4, 0.5) is 15.3 Å². The Labute approximate surface area is 543 Å². The van der Waals surface area contributed by atoms with Gasteiger partial charge in [-0.15, -0.1) is 0 Å². The number of halogens is 3. The summed E-state index contributed by atoms with van der Waals surface area (Å²) in [5.74, 6) is 1.18. The number of nitrogens with zero attached hydrogens (tertiary/aromatic N) is 7. The van der Waals surface area contributed by atoms with Crippen molar-refractivity contribution in [1.29, 1.82) is 0 Å². The van der Waals surface area contributed by atoms with E-state index in [2.05, 4.69) is 87.7 Å². The molecule has 4 aromatic carbocycles. The highest BCUT2D eigenvalue weighted by molar-refractivity contribution is 6.32. The van der Waals surface area contributed by atoms with Crippen LogP contribution in [0.15, 0.2) is 79.3 Å². The number of anilines is 1. The quantitative estimate of drug-likeness (QED) is 0.0576. The van der Waals surface area contributed by atoms with Crippen LogP contribution in [0.3, 0.4) is 0 Å². The molecule has 0 aliphatic carbocycles. The Kier molecular flexibility index (Phi) is 19.6. The first-order valence-corrected chi connectivity index (χ1v) is 33.6. The highest BCUT2D eigenvalue weighted by atomic mass is 35.5. The molecule has 90 heavy (non-hydrogen) atoms. The Hall–Kier alpha value is -5.99. The maximum atomic E-state index is 13.1. The number of aryl methyl sites for hydroxylation is 1. The monoisotopic (exact) mass is 1290 g/mol. The minimum absolute atomic E-state index is 0.0165. The molecule has 9 atom stereocenters. The van der Waals surface area contributed by atoms with Gasteiger partial charge in [0.15, 0.2) is 0 Å². The van der Waals surface area contributed by atoms with Gasteiger partial charge in [-0.3, -0.25) is 25.0 Å². The molecular weight excluding hydrogens is 1200 g/mol. The first kappa shape index (κ1) is 65.5. The van der Waals surface area contributed by atoms with Gasteiger partial charge in [0.2, 0.25) is 5.91 Å². The van der Waals surface area contributed by atoms with Gasteiger partial charge in [0.05, 0.1) is 60.0 Å². The topological polar surface area (TPSA) is 235 Å². The van der Waals surface area contributed by atoms with Crippen molar-refractivity contribution in [3.63, 3.8) is 0 Å². The third-order valence-corrected chi connectivity index (χ3v) is 22.5. The number of hydrogen-bond donors (Lipinski definition) is 8. The number of nitrogens with one attached hydrogen (secondary N) is 5. The third-order valence-electron chi connectivity index (χ3n) is 21.9. The Bertz CT molecular complexity index is 3640. The van der Waals surface area contributed by atoms with Gasteiger partial charge < -0.3 is 40.7 Å². The Morgan fingerprint density at radius 2 is 0.922 bits per heavy atom. The van der Waals surface area contributed by atoms with Crippen molar-refractivity contribution >= 4 is 91.2 Å². The Morgan fingerprint density at radius 3 is 1.31 bits per heavy atom. The fourth-order valence-electron chi connectivity index (χ4n) is 16.1. The van der Waals surface area contributed by atoms with Crippen molar-refractivity contribution in [1.82, 2.24) is 55.5 Å². The zero-order valence-electron chi connectivity index (χ0n) is 53.3. The van der Waals surface area contributed by atoms with Gasteiger partial charge in [0.25, 0.3) is 0 Å². The molecule has 0 spiro atoms. The molecule has 5 unspecified atom stereocenters. The lowest BCUT2D eigenvalue weighted by Crippen LogP contribution is -2.52. The van der Waals surface area contributed by atoms with Crippen LogP contribution in [0.2, 0.25) is 15.1 Å². The first-order valence-electron chi connectivity index (χ1n) is 32.5. The molecule has 8 N–H and O–H groups in total. The molecular formula is C69H91Cl3N12O6. The van der Waals surface area contributed by atoms with Crippen LogP contribution in [-0.2, 0) is 4.79 Å². The number of hydrogen-bond acceptors (Lipinski definition) is 10. The SMILES string of the molecule is CC(C)(C1CCN(C(=O)CN2CCCCC2)CC1)C(O)c1cc(Cl)cc2cn[nH]c12.CNC(=O)N1[C@@H]2CC[C@H]1CC(C(C)(C)C(O)c1cc(Cl)cc3cn[nH]c13)C2.Cc1ccc(NC(=O)N2[C@@H]3CC[C@H]2CC(C(C)(C)C(O)c2cc(Cl)cc4cn[nH]c24)C3)cc1. The van der Waals surface area contributed by atoms with E-state index in [0.29, 0.717) is 33.4 Å². The fraction of sp³-hybridized carbons (Fsp3) is 0.565. The van der Waals surface area contributed by atoms with Gasteiger partial charge in [-0.2, -0.15) is 15.3 Å². The average Bonchev–Trinajstić information content (AvgIpc) is 1.51. The van der Waals surface area contributed by atoms with Gasteiger partial charge in [0, 0.05) is 97.9 Å². The van der Waals surface area contributed by atoms with E-state index < -0.39 is 18.3 Å². The maximum absolute atomic E-state index is 13.1. The lowest BCUT2D eigenvalue weighted by atomic mass is 9.67. The van der Waals surface area contributed by atoms with E-state index in [1.165, 1.54) is 24.8 Å². The van der Waals surface area contributed by atoms with Crippen molar-refractivity contribution < 1.29 is 29.7 Å². The zero-order valence-corrected chi connectivity index (χ0v) is 55.6. The summed E-state index contributed by atoms with van der Waals surface area (Å²) in [5.41, 5.74) is 5.80. The number of likely N-dealkylation sites (tertiary alicyclic amines) is 2. The third kappa shape index (κ3) is 13.5. The minimum atomic E-state index is -0.698. The van der Waals surface area contributed by atoms with Gasteiger partial charge in [-0.1, -0.05) is 100 Å². The van der Waals surface area contributed by atoms with E-state index in [9.17, 15) is 29.7 Å². The number of aromatic nitrogens is 6. The molecule has 13 rings (SSSR count). The van der Waals surface area contributed by atoms with Crippen molar-refractivity contribution in [3.8, 4) is 0 Å². The minimum Gasteiger partial charge on any atom is -0.388 e. The summed E-state index contributed by atoms with van der Waals surface area (Å²) in [4.78, 5) is 46.5. The van der Waals surface area contributed by atoms with Gasteiger partial charge >= 0.3 is 12.1 Å². The second-order valence-corrected chi connectivity index (χ2v) is 29.7. The molecule has 9 heterocycles. The smallest absolute Gasteiger partial charge is 0.322 e. The first-order chi connectivity index (χ1) is 42.9. The molecule has 0 radical (unpaired) electrons. The fourth-order valence-corrected chi connectivity index (χ4v) is 16.8. The highest BCUT2D eigenvalue weighted by Gasteiger charge is 2.51. The van der Waals surface area contributed by atoms with E-state index >= 15 is 0 Å². The largest absolute Gasteiger partial charge is 0.388 e. The molecule has 6 saturated heterocycles. The predicted molar refractivity (Wildman–Crippen MR) is 357 cm³/mol. The molecule has 3 aromatic heterocycles. The van der Waals surface area contributed by atoms with Crippen molar-refractivity contribution in [3.05, 3.63) is 117 Å². The maximum Gasteiger partial charge on any atom is 0.322 e. The number of urea groups is 2. The molecule has 4 bridgehead atoms. The summed E-state index contributed by atoms with van der Waals surface area (Å²) in [5, 5.41) is 66.0. The van der Waals surface area contributed by atoms with Crippen LogP contribution in [-0.4, -0.2) is 147 Å². The molecule has 18 nitrogen and oxygen atoms in total. The van der Waals surface area contributed by atoms with Crippen molar-refractivity contribution in [2.75, 3.05) is 45.1 Å². The predicted octanol–water partition coefficient (Wildman–Crippen LogP) is 13.9. The summed E-state index contributed by atoms with van der Waals surface area (Å²) in [6.45, 7) is 19.0. The van der Waals surface area contributed by atoms with E-state index in [0.717, 1.165) is 145 Å². The molecule has 21 heteroatoms. The number of fused-ring (bicyclic) bond motifs is 7. The van der Waals surface area contributed by atoms with E-state index in [4.69, 9.17) is 34.8 Å². The van der Waals surface area contributed by atoms with E-state index in [1.54, 1.807) is 25.6 Å². The number of H-pyrrole nitrogens is 3. The Balaban J connectivity index is 0.000000140. The number of aliphatic hydroxyl groups excluding tert-OH is 3. The number of carbonyl (C=O) groups is 3. The zero-order chi connectivity index (χ0) is 64.0. The number of aliphatic hydroxyl groups is 3. The van der Waals surface area contributed by atoms with Crippen LogP contribution in [0.1, 0.15) is 166 Å². The summed E-state index contributed by atoms with van der Waals surface area (Å²) in [6.07, 6.45) is 16.4. The van der Waals surface area contributed by atoms with Crippen LogP contribution in [0.25, 0.3) is 32.7 Å². The number of rotatable bonds is 12. The number of amides is 5. The van der Waals surface area contributed by atoms with Gasteiger partial charge in [0.1, 0.15) is 0 Å². The van der Waals surface area contributed by atoms with Crippen LogP contribution in [0, 0.1) is 40.9 Å². The molecule has 6 aliphatic heterocycles. The van der Waals surface area contributed by atoms with Crippen LogP contribution in [0.5, 0.6) is 0 Å². The number of piperidine rings is 4. The molecule has 6 fully saturated rings. The van der Waals surface area contributed by atoms with Gasteiger partial charge in [-0.25, -0.2) is 9.59 Å². The lowest BCUT2D eigenvalue weighted by molar-refractivity contribution is -0.135. The summed E-state index contributed by atoms with van der Waals surface area (Å²) in [6, 6.07) is 19.9. The highest BCUT2D eigenvalue weighted by Crippen LogP contribution is 2.54. The van der Waals surface area contributed by atoms with E-state index in [1.807, 2.05) is 82.3 Å². The van der Waals surface area contributed by atoms with Gasteiger partial charge in [-0.05, 0) is 180 Å². The molecule has 5 amide bonds. The normalized spacial score (nSPS) is 23.5. The van der Waals surface area contributed by atoms with Crippen LogP contribution < -0.4 is 10.6 Å². The van der Waals surface area contributed by atoms with Crippen molar-refractivity contribution in [2.24, 2.45) is 34.0 Å². The second kappa shape index (κ2) is 26.9. The molecule has 6 aliphatic rings. The number of benzene rings is 4. The lowest BCUT2D eigenvalue weighted by Gasteiger charge is -2.46. The second-order valence-electron chi connectivity index (χ2n) is 28.4. The summed E-state index contributed by atoms with van der Waals surface area (Å²) in [7, 11) is 1.69. The molecule has 7 aromatic rings. The standard InChI is InChI=1S/C26H31ClN4O2.C23H33ClN4O2.C20H27ClN4O2/c1-15-4-6-19(7-5-15)29-25(33)31-20-8-9-21(31)12-17(11-20)26(2,3)24(32)22-13-18(27)10-16-14-28-30-23(16)22;1-23(2,22(30)19-13-18(24)12-16-14-25-26-21(16)19)17-6-10-28(11-7-17)20(29)15-27-8-4-3-5-9-27;1-20(2,12-7-14-4-5-15(8-12)25(14)19(27)22-3)18(26)16-9-13(21)6-11-10-23-24-17(11)16/h4-7,10,13-14,17,20-21,24,32H,8-9,11-12H2,1-3H3,(H,28,30)(H,29,33);12-14,17,22,30H,3-11,15H2,1-2H3,(H,25,26);6,9-10,12,14-15,18,26H,4-5,7-8H2,1-3H3,(H,22,27)(H,23,24)/t17?,20-,21+,24?;;12?,14-,15+,18?. The summed E-state index contributed by atoms with van der Waals surface area (Å²) >= 11 is 18.9. The van der Waals surface area contributed by atoms with Crippen LogP contribution >= 0.6 is 34.8 Å². The summed E-state index contributed by atoms with van der Waals surface area (Å²) < 4.78 is 0.